The van der Waals surface area contributed by atoms with Crippen LogP contribution in [0, 0.1) is 5.41 Å². The van der Waals surface area contributed by atoms with Gasteiger partial charge in [-0.1, -0.05) is 28.1 Å². The fourth-order valence-electron chi connectivity index (χ4n) is 3.19. The lowest BCUT2D eigenvalue weighted by Gasteiger charge is -2.21. The van der Waals surface area contributed by atoms with Crippen LogP contribution >= 0.6 is 15.9 Å². The summed E-state index contributed by atoms with van der Waals surface area (Å²) in [5.74, 6) is 0. The molecule has 1 saturated carbocycles. The van der Waals surface area contributed by atoms with E-state index in [2.05, 4.69) is 62.3 Å². The van der Waals surface area contributed by atoms with Crippen molar-refractivity contribution in [2.45, 2.75) is 31.5 Å². The Bertz CT molecular complexity index is 519. The number of benzene rings is 1. The molecule has 100 valence electrons. The number of hydrogen-bond donors (Lipinski definition) is 3. The van der Waals surface area contributed by atoms with Crippen LogP contribution in [0.15, 0.2) is 34.9 Å². The highest BCUT2D eigenvalue weighted by Gasteiger charge is 2.50. The number of rotatable bonds is 2. The van der Waals surface area contributed by atoms with Crippen LogP contribution in [-0.2, 0) is 0 Å². The SMILES string of the molecule is Brc1ccc(C2=CNC([C@@H]3CC4(CC4)CN3)N2)cc1. The molecular weight excluding hydrogens is 302 g/mol. The molecule has 0 bridgehead atoms. The summed E-state index contributed by atoms with van der Waals surface area (Å²) in [5, 5.41) is 10.8. The Hall–Kier alpha value is -1.00. The van der Waals surface area contributed by atoms with Crippen molar-refractivity contribution < 1.29 is 0 Å². The Morgan fingerprint density at radius 1 is 1.16 bits per heavy atom. The first-order chi connectivity index (χ1) is 9.24. The predicted molar refractivity (Wildman–Crippen MR) is 80.3 cm³/mol. The second-order valence-corrected chi connectivity index (χ2v) is 6.96. The van der Waals surface area contributed by atoms with Crippen LogP contribution in [0.1, 0.15) is 24.8 Å². The molecule has 2 aliphatic heterocycles. The minimum atomic E-state index is 0.332. The van der Waals surface area contributed by atoms with Crippen molar-refractivity contribution in [2.24, 2.45) is 5.41 Å². The molecule has 2 fully saturated rings. The van der Waals surface area contributed by atoms with Gasteiger partial charge in [0.2, 0.25) is 0 Å². The molecule has 2 atom stereocenters. The quantitative estimate of drug-likeness (QED) is 0.783. The maximum atomic E-state index is 3.67. The van der Waals surface area contributed by atoms with Crippen molar-refractivity contribution in [1.29, 1.82) is 0 Å². The van der Waals surface area contributed by atoms with Gasteiger partial charge in [-0.3, -0.25) is 0 Å². The zero-order chi connectivity index (χ0) is 12.9. The fourth-order valence-corrected chi connectivity index (χ4v) is 3.45. The molecule has 3 aliphatic rings. The summed E-state index contributed by atoms with van der Waals surface area (Å²) in [6, 6.07) is 8.98. The van der Waals surface area contributed by atoms with Crippen molar-refractivity contribution in [1.82, 2.24) is 16.0 Å². The predicted octanol–water partition coefficient (Wildman–Crippen LogP) is 2.41. The van der Waals surface area contributed by atoms with Crippen LogP contribution in [0.2, 0.25) is 0 Å². The van der Waals surface area contributed by atoms with Gasteiger partial charge in [0.25, 0.3) is 0 Å². The first-order valence-corrected chi connectivity index (χ1v) is 7.76. The zero-order valence-electron chi connectivity index (χ0n) is 10.7. The van der Waals surface area contributed by atoms with E-state index in [0.717, 1.165) is 4.47 Å². The van der Waals surface area contributed by atoms with Crippen LogP contribution in [0.5, 0.6) is 0 Å². The highest BCUT2D eigenvalue weighted by atomic mass is 79.9. The number of nitrogens with one attached hydrogen (secondary N) is 3. The second kappa shape index (κ2) is 4.25. The Morgan fingerprint density at radius 3 is 2.63 bits per heavy atom. The standard InChI is InChI=1S/C15H18BrN3/c16-11-3-1-10(2-4-11)13-8-17-14(19-13)12-7-15(5-6-15)9-18-12/h1-4,8,12,14,17-19H,5-7,9H2/t12-,14?/m0/s1. The maximum Gasteiger partial charge on any atom is 0.112 e. The van der Waals surface area contributed by atoms with E-state index in [0.29, 0.717) is 17.6 Å². The van der Waals surface area contributed by atoms with E-state index >= 15 is 0 Å². The lowest BCUT2D eigenvalue weighted by atomic mass is 10.0. The molecule has 19 heavy (non-hydrogen) atoms. The van der Waals surface area contributed by atoms with Crippen molar-refractivity contribution in [3.05, 3.63) is 40.5 Å². The van der Waals surface area contributed by atoms with Crippen molar-refractivity contribution in [2.75, 3.05) is 6.54 Å². The van der Waals surface area contributed by atoms with Gasteiger partial charge in [0.1, 0.15) is 6.17 Å². The van der Waals surface area contributed by atoms with Crippen LogP contribution in [0.25, 0.3) is 5.70 Å². The van der Waals surface area contributed by atoms with Gasteiger partial charge in [-0.25, -0.2) is 0 Å². The molecular formula is C15H18BrN3. The molecule has 1 spiro atoms. The molecule has 1 aromatic rings. The van der Waals surface area contributed by atoms with Gasteiger partial charge in [-0.2, -0.15) is 0 Å². The Balaban J connectivity index is 1.43. The first kappa shape index (κ1) is 11.8. The van der Waals surface area contributed by atoms with Gasteiger partial charge in [-0.05, 0) is 42.4 Å². The molecule has 0 aromatic heterocycles. The topological polar surface area (TPSA) is 36.1 Å². The monoisotopic (exact) mass is 319 g/mol. The highest BCUT2D eigenvalue weighted by molar-refractivity contribution is 9.10. The smallest absolute Gasteiger partial charge is 0.112 e. The van der Waals surface area contributed by atoms with Crippen LogP contribution in [0.4, 0.5) is 0 Å². The number of hydrogen-bond acceptors (Lipinski definition) is 3. The van der Waals surface area contributed by atoms with E-state index < -0.39 is 0 Å². The minimum Gasteiger partial charge on any atom is -0.368 e. The first-order valence-electron chi connectivity index (χ1n) is 6.96. The van der Waals surface area contributed by atoms with Gasteiger partial charge in [0, 0.05) is 23.3 Å². The van der Waals surface area contributed by atoms with Gasteiger partial charge < -0.3 is 16.0 Å². The third-order valence-corrected chi connectivity index (χ3v) is 5.15. The van der Waals surface area contributed by atoms with E-state index in [4.69, 9.17) is 0 Å². The lowest BCUT2D eigenvalue weighted by molar-refractivity contribution is 0.416. The van der Waals surface area contributed by atoms with Gasteiger partial charge in [-0.15, -0.1) is 0 Å². The summed E-state index contributed by atoms with van der Waals surface area (Å²) >= 11 is 3.47. The third kappa shape index (κ3) is 2.17. The Kier molecular flexibility index (Phi) is 2.64. The molecule has 1 saturated heterocycles. The summed E-state index contributed by atoms with van der Waals surface area (Å²) in [5.41, 5.74) is 3.07. The van der Waals surface area contributed by atoms with Crippen molar-refractivity contribution in [3.8, 4) is 0 Å². The normalized spacial score (nSPS) is 30.9. The second-order valence-electron chi connectivity index (χ2n) is 6.05. The van der Waals surface area contributed by atoms with Crippen molar-refractivity contribution >= 4 is 21.6 Å². The lowest BCUT2D eigenvalue weighted by Crippen LogP contribution is -2.47. The van der Waals surface area contributed by atoms with Crippen LogP contribution in [0.3, 0.4) is 0 Å². The van der Waals surface area contributed by atoms with Crippen LogP contribution < -0.4 is 16.0 Å². The molecule has 1 aromatic carbocycles. The summed E-state index contributed by atoms with van der Waals surface area (Å²) < 4.78 is 1.12. The van der Waals surface area contributed by atoms with E-state index in [1.165, 1.54) is 37.1 Å². The van der Waals surface area contributed by atoms with Crippen molar-refractivity contribution in [3.63, 3.8) is 0 Å². The molecule has 0 radical (unpaired) electrons. The summed E-state index contributed by atoms with van der Waals surface area (Å²) in [7, 11) is 0. The van der Waals surface area contributed by atoms with E-state index in [1.807, 2.05) is 0 Å². The van der Waals surface area contributed by atoms with Gasteiger partial charge in [0.05, 0.1) is 5.70 Å². The molecule has 1 aliphatic carbocycles. The van der Waals surface area contributed by atoms with E-state index in [1.54, 1.807) is 0 Å². The molecule has 4 rings (SSSR count). The summed E-state index contributed by atoms with van der Waals surface area (Å²) in [6.07, 6.45) is 6.57. The molecule has 2 heterocycles. The third-order valence-electron chi connectivity index (χ3n) is 4.63. The fraction of sp³-hybridized carbons (Fsp3) is 0.467. The largest absolute Gasteiger partial charge is 0.368 e. The molecule has 0 amide bonds. The van der Waals surface area contributed by atoms with Crippen LogP contribution in [-0.4, -0.2) is 18.8 Å². The zero-order valence-corrected chi connectivity index (χ0v) is 12.3. The molecule has 1 unspecified atom stereocenters. The van der Waals surface area contributed by atoms with Gasteiger partial charge >= 0.3 is 0 Å². The van der Waals surface area contributed by atoms with Gasteiger partial charge in [0.15, 0.2) is 0 Å². The maximum absolute atomic E-state index is 3.67. The average Bonchev–Trinajstić information content (AvgIpc) is 2.85. The number of halogens is 1. The van der Waals surface area contributed by atoms with E-state index in [-0.39, 0.29) is 0 Å². The molecule has 3 nitrogen and oxygen atoms in total. The highest BCUT2D eigenvalue weighted by Crippen LogP contribution is 2.52. The van der Waals surface area contributed by atoms with E-state index in [9.17, 15) is 0 Å². The molecule has 3 N–H and O–H groups in total. The Morgan fingerprint density at radius 2 is 1.95 bits per heavy atom. The summed E-state index contributed by atoms with van der Waals surface area (Å²) in [6.45, 7) is 1.20. The average molecular weight is 320 g/mol. The Labute approximate surface area is 122 Å². The summed E-state index contributed by atoms with van der Waals surface area (Å²) in [4.78, 5) is 0. The minimum absolute atomic E-state index is 0.332. The molecule has 4 heteroatoms.